The zero-order valence-corrected chi connectivity index (χ0v) is 11.3. The summed E-state index contributed by atoms with van der Waals surface area (Å²) in [7, 11) is 0. The fourth-order valence-corrected chi connectivity index (χ4v) is 3.30. The number of ether oxygens (including phenoxy) is 1. The van der Waals surface area contributed by atoms with Crippen LogP contribution < -0.4 is 5.32 Å². The third-order valence-electron chi connectivity index (χ3n) is 4.17. The Labute approximate surface area is 106 Å². The van der Waals surface area contributed by atoms with Gasteiger partial charge in [0.2, 0.25) is 0 Å². The molecular weight excluding hydrogens is 212 g/mol. The molecule has 0 aliphatic carbocycles. The maximum absolute atomic E-state index is 5.44. The summed E-state index contributed by atoms with van der Waals surface area (Å²) in [4.78, 5) is 2.71. The van der Waals surface area contributed by atoms with Crippen LogP contribution in [-0.4, -0.2) is 49.8 Å². The van der Waals surface area contributed by atoms with Gasteiger partial charge in [-0.15, -0.1) is 0 Å². The number of hydrogen-bond acceptors (Lipinski definition) is 3. The molecule has 0 saturated carbocycles. The van der Waals surface area contributed by atoms with E-state index in [9.17, 15) is 0 Å². The minimum absolute atomic E-state index is 0.766. The third kappa shape index (κ3) is 3.94. The predicted octanol–water partition coefficient (Wildman–Crippen LogP) is 2.02. The first kappa shape index (κ1) is 13.3. The van der Waals surface area contributed by atoms with E-state index in [4.69, 9.17) is 4.74 Å². The van der Waals surface area contributed by atoms with Crippen LogP contribution in [0.4, 0.5) is 0 Å². The minimum Gasteiger partial charge on any atom is -0.382 e. The number of likely N-dealkylation sites (tertiary alicyclic amines) is 1. The molecule has 2 saturated heterocycles. The van der Waals surface area contributed by atoms with Crippen molar-refractivity contribution in [2.24, 2.45) is 0 Å². The van der Waals surface area contributed by atoms with Crippen molar-refractivity contribution in [1.82, 2.24) is 10.2 Å². The van der Waals surface area contributed by atoms with Gasteiger partial charge in [0.25, 0.3) is 0 Å². The molecule has 3 nitrogen and oxygen atoms in total. The van der Waals surface area contributed by atoms with E-state index in [1.165, 1.54) is 58.2 Å². The van der Waals surface area contributed by atoms with Gasteiger partial charge >= 0.3 is 0 Å². The molecule has 0 aromatic carbocycles. The molecule has 0 radical (unpaired) electrons. The number of nitrogens with one attached hydrogen (secondary N) is 1. The van der Waals surface area contributed by atoms with E-state index in [1.807, 2.05) is 0 Å². The van der Waals surface area contributed by atoms with Crippen molar-refractivity contribution in [3.05, 3.63) is 0 Å². The van der Waals surface area contributed by atoms with E-state index in [2.05, 4.69) is 17.1 Å². The Kier molecular flexibility index (Phi) is 5.75. The summed E-state index contributed by atoms with van der Waals surface area (Å²) in [6.45, 7) is 7.61. The second kappa shape index (κ2) is 7.34. The van der Waals surface area contributed by atoms with E-state index < -0.39 is 0 Å². The van der Waals surface area contributed by atoms with Crippen molar-refractivity contribution in [3.63, 3.8) is 0 Å². The van der Waals surface area contributed by atoms with E-state index in [0.717, 1.165) is 25.3 Å². The summed E-state index contributed by atoms with van der Waals surface area (Å²) in [5.41, 5.74) is 0. The molecule has 2 unspecified atom stereocenters. The van der Waals surface area contributed by atoms with Crippen LogP contribution in [0.25, 0.3) is 0 Å². The molecule has 1 N–H and O–H groups in total. The molecule has 0 aromatic heterocycles. The highest BCUT2D eigenvalue weighted by Gasteiger charge is 2.30. The molecule has 100 valence electrons. The Bertz CT molecular complexity index is 204. The summed E-state index contributed by atoms with van der Waals surface area (Å²) >= 11 is 0. The highest BCUT2D eigenvalue weighted by Crippen LogP contribution is 2.24. The lowest BCUT2D eigenvalue weighted by atomic mass is 9.94. The summed E-state index contributed by atoms with van der Waals surface area (Å²) < 4.78 is 5.44. The number of rotatable bonds is 6. The molecule has 0 bridgehead atoms. The molecule has 2 heterocycles. The smallest absolute Gasteiger partial charge is 0.0478 e. The van der Waals surface area contributed by atoms with Gasteiger partial charge in [-0.25, -0.2) is 0 Å². The SMILES string of the molecule is CCOCCCN1CCCCC1C1CCCN1. The fraction of sp³-hybridized carbons (Fsp3) is 1.00. The monoisotopic (exact) mass is 240 g/mol. The Morgan fingerprint density at radius 1 is 1.24 bits per heavy atom. The molecule has 2 rings (SSSR count). The maximum Gasteiger partial charge on any atom is 0.0478 e. The van der Waals surface area contributed by atoms with Crippen LogP contribution in [0.5, 0.6) is 0 Å². The molecule has 3 heteroatoms. The van der Waals surface area contributed by atoms with Crippen LogP contribution >= 0.6 is 0 Å². The first-order valence-electron chi connectivity index (χ1n) is 7.47. The van der Waals surface area contributed by atoms with Gasteiger partial charge in [-0.3, -0.25) is 4.90 Å². The second-order valence-corrected chi connectivity index (χ2v) is 5.35. The second-order valence-electron chi connectivity index (χ2n) is 5.35. The van der Waals surface area contributed by atoms with Crippen molar-refractivity contribution in [2.75, 3.05) is 32.8 Å². The van der Waals surface area contributed by atoms with Crippen LogP contribution in [0.2, 0.25) is 0 Å². The molecule has 17 heavy (non-hydrogen) atoms. The summed E-state index contributed by atoms with van der Waals surface area (Å²) in [6, 6.07) is 1.57. The topological polar surface area (TPSA) is 24.5 Å². The van der Waals surface area contributed by atoms with Gasteiger partial charge in [-0.2, -0.15) is 0 Å². The number of hydrogen-bond donors (Lipinski definition) is 1. The quantitative estimate of drug-likeness (QED) is 0.719. The zero-order chi connectivity index (χ0) is 11.9. The fourth-order valence-electron chi connectivity index (χ4n) is 3.30. The van der Waals surface area contributed by atoms with E-state index in [1.54, 1.807) is 0 Å². The lowest BCUT2D eigenvalue weighted by Gasteiger charge is -2.39. The highest BCUT2D eigenvalue weighted by molar-refractivity contribution is 4.90. The van der Waals surface area contributed by atoms with E-state index in [-0.39, 0.29) is 0 Å². The normalized spacial score (nSPS) is 30.9. The largest absolute Gasteiger partial charge is 0.382 e. The number of piperidine rings is 1. The zero-order valence-electron chi connectivity index (χ0n) is 11.3. The summed E-state index contributed by atoms with van der Waals surface area (Å²) in [5, 5.41) is 3.68. The van der Waals surface area contributed by atoms with Crippen molar-refractivity contribution in [3.8, 4) is 0 Å². The van der Waals surface area contributed by atoms with Gasteiger partial charge in [-0.1, -0.05) is 6.42 Å². The third-order valence-corrected chi connectivity index (χ3v) is 4.17. The highest BCUT2D eigenvalue weighted by atomic mass is 16.5. The molecule has 2 atom stereocenters. The molecule has 2 fully saturated rings. The van der Waals surface area contributed by atoms with Gasteiger partial charge in [-0.05, 0) is 52.1 Å². The van der Waals surface area contributed by atoms with Crippen LogP contribution in [0.1, 0.15) is 45.4 Å². The average Bonchev–Trinajstić information content (AvgIpc) is 2.89. The van der Waals surface area contributed by atoms with Crippen LogP contribution in [0.15, 0.2) is 0 Å². The Hall–Kier alpha value is -0.120. The van der Waals surface area contributed by atoms with Crippen molar-refractivity contribution in [1.29, 1.82) is 0 Å². The lowest BCUT2D eigenvalue weighted by Crippen LogP contribution is -2.50. The van der Waals surface area contributed by atoms with Crippen molar-refractivity contribution < 1.29 is 4.74 Å². The summed E-state index contributed by atoms with van der Waals surface area (Å²) in [6.07, 6.45) is 8.15. The Morgan fingerprint density at radius 3 is 2.94 bits per heavy atom. The molecule has 2 aliphatic heterocycles. The van der Waals surface area contributed by atoms with Gasteiger partial charge < -0.3 is 10.1 Å². The van der Waals surface area contributed by atoms with Crippen molar-refractivity contribution in [2.45, 2.75) is 57.5 Å². The molecule has 2 aliphatic rings. The van der Waals surface area contributed by atoms with Gasteiger partial charge in [0, 0.05) is 31.8 Å². The van der Waals surface area contributed by atoms with Gasteiger partial charge in [0.1, 0.15) is 0 Å². The van der Waals surface area contributed by atoms with Crippen LogP contribution in [-0.2, 0) is 4.74 Å². The Morgan fingerprint density at radius 2 is 2.18 bits per heavy atom. The molecule has 0 aromatic rings. The minimum atomic E-state index is 0.766. The first-order chi connectivity index (χ1) is 8.42. The standard InChI is InChI=1S/C14H28N2O/c1-2-17-12-6-11-16-10-4-3-8-14(16)13-7-5-9-15-13/h13-15H,2-12H2,1H3. The molecular formula is C14H28N2O. The average molecular weight is 240 g/mol. The van der Waals surface area contributed by atoms with E-state index >= 15 is 0 Å². The van der Waals surface area contributed by atoms with Crippen LogP contribution in [0.3, 0.4) is 0 Å². The predicted molar refractivity (Wildman–Crippen MR) is 71.3 cm³/mol. The van der Waals surface area contributed by atoms with Gasteiger partial charge in [0.15, 0.2) is 0 Å². The molecule has 0 spiro atoms. The first-order valence-corrected chi connectivity index (χ1v) is 7.47. The van der Waals surface area contributed by atoms with Gasteiger partial charge in [0.05, 0.1) is 0 Å². The lowest BCUT2D eigenvalue weighted by molar-refractivity contribution is 0.0917. The molecule has 0 amide bonds. The Balaban J connectivity index is 1.75. The van der Waals surface area contributed by atoms with Crippen LogP contribution in [0, 0.1) is 0 Å². The van der Waals surface area contributed by atoms with E-state index in [0.29, 0.717) is 0 Å². The number of nitrogens with zero attached hydrogens (tertiary/aromatic N) is 1. The maximum atomic E-state index is 5.44. The summed E-state index contributed by atoms with van der Waals surface area (Å²) in [5.74, 6) is 0. The van der Waals surface area contributed by atoms with Crippen molar-refractivity contribution >= 4 is 0 Å².